The number of thioether (sulfide) groups is 1. The van der Waals surface area contributed by atoms with E-state index in [0.29, 0.717) is 25.3 Å². The van der Waals surface area contributed by atoms with Crippen molar-refractivity contribution in [3.63, 3.8) is 0 Å². The van der Waals surface area contributed by atoms with Crippen molar-refractivity contribution in [3.05, 3.63) is 29.8 Å². The van der Waals surface area contributed by atoms with Gasteiger partial charge in [-0.1, -0.05) is 26.0 Å². The number of nitrogens with one attached hydrogen (secondary N) is 2. The number of sulfonamides is 2. The van der Waals surface area contributed by atoms with Crippen molar-refractivity contribution in [2.45, 2.75) is 44.7 Å². The number of benzene rings is 1. The summed E-state index contributed by atoms with van der Waals surface area (Å²) in [5, 5.41) is 2.72. The number of nitrogens with zero attached hydrogens (tertiary/aromatic N) is 1. The van der Waals surface area contributed by atoms with E-state index in [0.717, 1.165) is 5.56 Å². The van der Waals surface area contributed by atoms with Gasteiger partial charge in [-0.3, -0.25) is 4.79 Å². The lowest BCUT2D eigenvalue weighted by molar-refractivity contribution is -0.122. The van der Waals surface area contributed by atoms with E-state index in [4.69, 9.17) is 0 Å². The molecule has 2 N–H and O–H groups in total. The topological polar surface area (TPSA) is 113 Å². The summed E-state index contributed by atoms with van der Waals surface area (Å²) < 4.78 is 52.5. The third-order valence-corrected chi connectivity index (χ3v) is 8.47. The molecule has 166 valence electrons. The minimum Gasteiger partial charge on any atom is -0.351 e. The normalized spacial score (nSPS) is 13.4. The van der Waals surface area contributed by atoms with Crippen LogP contribution in [0, 0.1) is 0 Å². The minimum absolute atomic E-state index is 0.0987. The fourth-order valence-corrected chi connectivity index (χ4v) is 5.34. The predicted octanol–water partition coefficient (Wildman–Crippen LogP) is 1.39. The molecular weight excluding hydrogens is 434 g/mol. The second kappa shape index (κ2) is 11.9. The molecule has 1 aromatic rings. The van der Waals surface area contributed by atoms with Gasteiger partial charge in [-0.25, -0.2) is 21.6 Å². The van der Waals surface area contributed by atoms with Crippen LogP contribution in [0.25, 0.3) is 0 Å². The van der Waals surface area contributed by atoms with Crippen LogP contribution in [-0.2, 0) is 31.4 Å². The molecular formula is C18H31N3O5S3. The molecule has 1 unspecified atom stereocenters. The van der Waals surface area contributed by atoms with Crippen molar-refractivity contribution in [2.75, 3.05) is 30.9 Å². The Kier molecular flexibility index (Phi) is 10.6. The molecule has 0 saturated heterocycles. The molecule has 0 fully saturated rings. The first-order valence-electron chi connectivity index (χ1n) is 9.47. The Hall–Kier alpha value is -1.14. The van der Waals surface area contributed by atoms with Crippen LogP contribution in [-0.4, -0.2) is 63.9 Å². The summed E-state index contributed by atoms with van der Waals surface area (Å²) in [4.78, 5) is 12.7. The van der Waals surface area contributed by atoms with E-state index in [1.807, 2.05) is 6.26 Å². The molecule has 0 aliphatic rings. The first-order valence-corrected chi connectivity index (χ1v) is 14.0. The quantitative estimate of drug-likeness (QED) is 0.455. The molecule has 0 heterocycles. The average molecular weight is 466 g/mol. The average Bonchev–Trinajstić information content (AvgIpc) is 2.70. The summed E-state index contributed by atoms with van der Waals surface area (Å²) in [5.41, 5.74) is 0.721. The summed E-state index contributed by atoms with van der Waals surface area (Å²) in [6.07, 6.45) is 2.27. The molecule has 11 heteroatoms. The molecule has 29 heavy (non-hydrogen) atoms. The third kappa shape index (κ3) is 7.89. The maximum absolute atomic E-state index is 12.5. The van der Waals surface area contributed by atoms with Crippen LogP contribution in [0.15, 0.2) is 29.2 Å². The summed E-state index contributed by atoms with van der Waals surface area (Å²) in [6.45, 7) is 6.04. The highest BCUT2D eigenvalue weighted by molar-refractivity contribution is 7.98. The Morgan fingerprint density at radius 1 is 1.07 bits per heavy atom. The van der Waals surface area contributed by atoms with Crippen LogP contribution in [0.2, 0.25) is 0 Å². The Bertz CT molecular complexity index is 851. The first-order chi connectivity index (χ1) is 13.6. The van der Waals surface area contributed by atoms with Crippen molar-refractivity contribution >= 4 is 37.7 Å². The van der Waals surface area contributed by atoms with Gasteiger partial charge in [0.1, 0.15) is 6.04 Å². The van der Waals surface area contributed by atoms with Gasteiger partial charge in [0.2, 0.25) is 26.0 Å². The lowest BCUT2D eigenvalue weighted by atomic mass is 10.2. The van der Waals surface area contributed by atoms with Crippen LogP contribution in [0.1, 0.15) is 32.8 Å². The fourth-order valence-electron chi connectivity index (χ4n) is 2.58. The molecule has 0 radical (unpaired) electrons. The van der Waals surface area contributed by atoms with Crippen molar-refractivity contribution in [3.8, 4) is 0 Å². The first kappa shape index (κ1) is 25.9. The van der Waals surface area contributed by atoms with Crippen molar-refractivity contribution < 1.29 is 21.6 Å². The van der Waals surface area contributed by atoms with Crippen LogP contribution < -0.4 is 10.0 Å². The molecule has 1 aromatic carbocycles. The maximum atomic E-state index is 12.5. The van der Waals surface area contributed by atoms with Crippen LogP contribution in [0.4, 0.5) is 0 Å². The maximum Gasteiger partial charge on any atom is 0.243 e. The van der Waals surface area contributed by atoms with Gasteiger partial charge in [0.25, 0.3) is 0 Å². The second-order valence-electron chi connectivity index (χ2n) is 6.31. The monoisotopic (exact) mass is 465 g/mol. The van der Waals surface area contributed by atoms with E-state index in [-0.39, 0.29) is 17.2 Å². The summed E-state index contributed by atoms with van der Waals surface area (Å²) in [5.74, 6) is 0.136. The summed E-state index contributed by atoms with van der Waals surface area (Å²) in [7, 11) is -7.03. The second-order valence-corrected chi connectivity index (χ2v) is 11.3. The van der Waals surface area contributed by atoms with Gasteiger partial charge in [-0.05, 0) is 43.0 Å². The fraction of sp³-hybridized carbons (Fsp3) is 0.611. The van der Waals surface area contributed by atoms with Gasteiger partial charge in [-0.2, -0.15) is 16.1 Å². The molecule has 0 bridgehead atoms. The number of amides is 1. The zero-order valence-corrected chi connectivity index (χ0v) is 19.8. The minimum atomic E-state index is -3.53. The Labute approximate surface area is 178 Å². The molecule has 1 rings (SSSR count). The number of carbonyl (C=O) groups is 1. The van der Waals surface area contributed by atoms with Crippen LogP contribution in [0.5, 0.6) is 0 Å². The van der Waals surface area contributed by atoms with Crippen LogP contribution >= 0.6 is 11.8 Å². The molecule has 0 aliphatic heterocycles. The van der Waals surface area contributed by atoms with E-state index < -0.39 is 32.0 Å². The van der Waals surface area contributed by atoms with E-state index in [9.17, 15) is 21.6 Å². The highest BCUT2D eigenvalue weighted by atomic mass is 32.2. The predicted molar refractivity (Wildman–Crippen MR) is 118 cm³/mol. The molecule has 0 spiro atoms. The Morgan fingerprint density at radius 3 is 2.14 bits per heavy atom. The molecule has 0 saturated carbocycles. The Morgan fingerprint density at radius 2 is 1.66 bits per heavy atom. The summed E-state index contributed by atoms with van der Waals surface area (Å²) in [6, 6.07) is 5.48. The number of carbonyl (C=O) groups excluding carboxylic acids is 1. The summed E-state index contributed by atoms with van der Waals surface area (Å²) >= 11 is 1.53. The highest BCUT2D eigenvalue weighted by Gasteiger charge is 2.23. The van der Waals surface area contributed by atoms with E-state index >= 15 is 0 Å². The largest absolute Gasteiger partial charge is 0.351 e. The number of rotatable bonds is 13. The standard InChI is InChI=1S/C18H31N3O5S3/c1-5-21(6-2)29(25,26)16-10-8-15(9-11-16)14-19-18(22)17(12-13-27-4)20-28(23,24)7-3/h8-11,17,20H,5-7,12-14H2,1-4H3,(H,19,22). The van der Waals surface area contributed by atoms with E-state index in [2.05, 4.69) is 10.0 Å². The molecule has 0 aliphatic carbocycles. The van der Waals surface area contributed by atoms with Gasteiger partial charge in [0, 0.05) is 19.6 Å². The zero-order valence-electron chi connectivity index (χ0n) is 17.3. The third-order valence-electron chi connectivity index (χ3n) is 4.36. The van der Waals surface area contributed by atoms with Crippen molar-refractivity contribution in [1.82, 2.24) is 14.3 Å². The molecule has 1 amide bonds. The van der Waals surface area contributed by atoms with Crippen molar-refractivity contribution in [1.29, 1.82) is 0 Å². The molecule has 0 aromatic heterocycles. The highest BCUT2D eigenvalue weighted by Crippen LogP contribution is 2.16. The lowest BCUT2D eigenvalue weighted by Gasteiger charge is -2.19. The smallest absolute Gasteiger partial charge is 0.243 e. The van der Waals surface area contributed by atoms with E-state index in [1.165, 1.54) is 35.1 Å². The molecule has 1 atom stereocenters. The van der Waals surface area contributed by atoms with Gasteiger partial charge in [-0.15, -0.1) is 0 Å². The van der Waals surface area contributed by atoms with Gasteiger partial charge < -0.3 is 5.32 Å². The van der Waals surface area contributed by atoms with E-state index in [1.54, 1.807) is 26.0 Å². The molecule has 8 nitrogen and oxygen atoms in total. The van der Waals surface area contributed by atoms with Crippen molar-refractivity contribution in [2.24, 2.45) is 0 Å². The van der Waals surface area contributed by atoms with Crippen LogP contribution in [0.3, 0.4) is 0 Å². The number of hydrogen-bond donors (Lipinski definition) is 2. The zero-order chi connectivity index (χ0) is 22.1. The van der Waals surface area contributed by atoms with Gasteiger partial charge >= 0.3 is 0 Å². The lowest BCUT2D eigenvalue weighted by Crippen LogP contribution is -2.47. The SMILES string of the molecule is CCN(CC)S(=O)(=O)c1ccc(CNC(=O)C(CCSC)NS(=O)(=O)CC)cc1. The van der Waals surface area contributed by atoms with Gasteiger partial charge in [0.05, 0.1) is 10.6 Å². The van der Waals surface area contributed by atoms with Gasteiger partial charge in [0.15, 0.2) is 0 Å². The Balaban J connectivity index is 2.81. The number of hydrogen-bond acceptors (Lipinski definition) is 6.